The zero-order valence-electron chi connectivity index (χ0n) is 8.08. The zero-order chi connectivity index (χ0) is 11.4. The van der Waals surface area contributed by atoms with E-state index in [2.05, 4.69) is 4.98 Å². The third kappa shape index (κ3) is 2.45. The zero-order valence-corrected chi connectivity index (χ0v) is 8.84. The Balaban J connectivity index is 3.13. The number of rotatable bonds is 3. The van der Waals surface area contributed by atoms with Gasteiger partial charge < -0.3 is 4.98 Å². The average molecular weight is 225 g/mol. The summed E-state index contributed by atoms with van der Waals surface area (Å²) >= 11 is 5.76. The van der Waals surface area contributed by atoms with Crippen molar-refractivity contribution in [3.05, 3.63) is 33.7 Å². The maximum atomic E-state index is 11.6. The first-order valence-electron chi connectivity index (χ1n) is 4.41. The lowest BCUT2D eigenvalue weighted by atomic mass is 10.1. The third-order valence-corrected chi connectivity index (χ3v) is 2.46. The van der Waals surface area contributed by atoms with Crippen LogP contribution in [-0.2, 0) is 0 Å². The molecule has 1 aromatic rings. The van der Waals surface area contributed by atoms with Gasteiger partial charge in [0.15, 0.2) is 5.78 Å². The van der Waals surface area contributed by atoms with Gasteiger partial charge in [-0.25, -0.2) is 0 Å². The molecule has 0 aliphatic rings. The number of alkyl halides is 1. The minimum absolute atomic E-state index is 0.0826. The topological polar surface area (TPSA) is 73.7 Å². The minimum Gasteiger partial charge on any atom is -0.327 e. The highest BCUT2D eigenvalue weighted by Gasteiger charge is 2.16. The number of aromatic amines is 1. The molecule has 1 aromatic heterocycles. The normalized spacial score (nSPS) is 11.8. The van der Waals surface area contributed by atoms with Crippen molar-refractivity contribution < 1.29 is 4.79 Å². The largest absolute Gasteiger partial charge is 0.327 e. The summed E-state index contributed by atoms with van der Waals surface area (Å²) in [5.41, 5.74) is -0.328. The average Bonchev–Trinajstić information content (AvgIpc) is 2.27. The van der Waals surface area contributed by atoms with Crippen molar-refractivity contribution in [2.75, 3.05) is 0 Å². The Hall–Kier alpha value is -1.60. The molecular weight excluding hydrogens is 216 g/mol. The Bertz CT molecular complexity index is 473. The van der Waals surface area contributed by atoms with Crippen molar-refractivity contribution in [2.24, 2.45) is 0 Å². The van der Waals surface area contributed by atoms with Crippen LogP contribution in [0.4, 0.5) is 0 Å². The first kappa shape index (κ1) is 11.5. The molecule has 0 aromatic carbocycles. The van der Waals surface area contributed by atoms with Crippen LogP contribution in [-0.4, -0.2) is 16.1 Å². The summed E-state index contributed by atoms with van der Waals surface area (Å²) < 4.78 is 0. The fourth-order valence-corrected chi connectivity index (χ4v) is 1.20. The van der Waals surface area contributed by atoms with E-state index in [1.54, 1.807) is 13.0 Å². The fraction of sp³-hybridized carbons (Fsp3) is 0.300. The predicted octanol–water partition coefficient (Wildman–Crippen LogP) is 1.45. The Morgan fingerprint density at radius 1 is 1.73 bits per heavy atom. The number of Topliss-reactive ketones (excluding diaryl/α,β-unsaturated/α-hetero) is 1. The third-order valence-electron chi connectivity index (χ3n) is 1.95. The van der Waals surface area contributed by atoms with E-state index in [-0.39, 0.29) is 16.9 Å². The standard InChI is InChI=1S/C10H9ClN2O2/c1-2-8(11)9(14)7-3-6(4-12)10(15)13-5-7/h3,5,8H,2H2,1H3,(H,13,15). The number of ketones is 1. The second-order valence-corrected chi connectivity index (χ2v) is 3.51. The molecule has 0 aliphatic carbocycles. The van der Waals surface area contributed by atoms with Crippen LogP contribution >= 0.6 is 11.6 Å². The van der Waals surface area contributed by atoms with E-state index in [9.17, 15) is 9.59 Å². The van der Waals surface area contributed by atoms with E-state index in [1.165, 1.54) is 12.3 Å². The molecule has 5 heteroatoms. The number of carbonyl (C=O) groups is 1. The number of hydrogen-bond acceptors (Lipinski definition) is 3. The van der Waals surface area contributed by atoms with Gasteiger partial charge in [-0.15, -0.1) is 11.6 Å². The van der Waals surface area contributed by atoms with Crippen LogP contribution < -0.4 is 5.56 Å². The molecule has 0 spiro atoms. The van der Waals surface area contributed by atoms with Gasteiger partial charge in [-0.2, -0.15) is 5.26 Å². The molecule has 0 amide bonds. The minimum atomic E-state index is -0.623. The molecule has 1 N–H and O–H groups in total. The molecule has 15 heavy (non-hydrogen) atoms. The van der Waals surface area contributed by atoms with Crippen LogP contribution in [0.1, 0.15) is 29.3 Å². The fourth-order valence-electron chi connectivity index (χ4n) is 1.08. The van der Waals surface area contributed by atoms with Crippen LogP contribution in [0.3, 0.4) is 0 Å². The van der Waals surface area contributed by atoms with Crippen molar-refractivity contribution >= 4 is 17.4 Å². The van der Waals surface area contributed by atoms with Gasteiger partial charge in [0.05, 0.1) is 5.38 Å². The molecule has 0 fully saturated rings. The number of nitrogens with zero attached hydrogens (tertiary/aromatic N) is 1. The smallest absolute Gasteiger partial charge is 0.265 e. The molecular formula is C10H9ClN2O2. The van der Waals surface area contributed by atoms with E-state index in [0.29, 0.717) is 6.42 Å². The lowest BCUT2D eigenvalue weighted by Gasteiger charge is -2.04. The van der Waals surface area contributed by atoms with Crippen molar-refractivity contribution in [3.63, 3.8) is 0 Å². The van der Waals surface area contributed by atoms with E-state index < -0.39 is 10.9 Å². The van der Waals surface area contributed by atoms with Crippen LogP contribution in [0.25, 0.3) is 0 Å². The van der Waals surface area contributed by atoms with Crippen LogP contribution in [0.5, 0.6) is 0 Å². The van der Waals surface area contributed by atoms with Gasteiger partial charge in [-0.3, -0.25) is 9.59 Å². The number of aromatic nitrogens is 1. The van der Waals surface area contributed by atoms with Crippen molar-refractivity contribution in [2.45, 2.75) is 18.7 Å². The molecule has 0 bridgehead atoms. The Kier molecular flexibility index (Phi) is 3.64. The van der Waals surface area contributed by atoms with Gasteiger partial charge in [0.1, 0.15) is 11.6 Å². The Labute approximate surface area is 91.5 Å². The maximum Gasteiger partial charge on any atom is 0.265 e. The lowest BCUT2D eigenvalue weighted by Crippen LogP contribution is -2.17. The second-order valence-electron chi connectivity index (χ2n) is 2.98. The van der Waals surface area contributed by atoms with E-state index in [0.717, 1.165) is 0 Å². The lowest BCUT2D eigenvalue weighted by molar-refractivity contribution is 0.0985. The Morgan fingerprint density at radius 2 is 2.40 bits per heavy atom. The number of hydrogen-bond donors (Lipinski definition) is 1. The van der Waals surface area contributed by atoms with Crippen LogP contribution in [0, 0.1) is 11.3 Å². The monoisotopic (exact) mass is 224 g/mol. The van der Waals surface area contributed by atoms with Crippen molar-refractivity contribution in [3.8, 4) is 6.07 Å². The molecule has 4 nitrogen and oxygen atoms in total. The van der Waals surface area contributed by atoms with E-state index >= 15 is 0 Å². The summed E-state index contributed by atoms with van der Waals surface area (Å²) in [6.07, 6.45) is 1.78. The molecule has 1 heterocycles. The summed E-state index contributed by atoms with van der Waals surface area (Å²) in [6, 6.07) is 2.96. The molecule has 0 aliphatic heterocycles. The van der Waals surface area contributed by atoms with E-state index in [1.807, 2.05) is 0 Å². The molecule has 0 radical (unpaired) electrons. The molecule has 0 saturated carbocycles. The number of pyridine rings is 1. The van der Waals surface area contributed by atoms with Gasteiger partial charge in [-0.05, 0) is 12.5 Å². The summed E-state index contributed by atoms with van der Waals surface area (Å²) in [4.78, 5) is 25.0. The second kappa shape index (κ2) is 4.76. The van der Waals surface area contributed by atoms with Gasteiger partial charge in [0.25, 0.3) is 5.56 Å². The van der Waals surface area contributed by atoms with Gasteiger partial charge in [-0.1, -0.05) is 6.92 Å². The highest BCUT2D eigenvalue weighted by atomic mass is 35.5. The summed E-state index contributed by atoms with van der Waals surface area (Å²) in [5, 5.41) is 7.98. The van der Waals surface area contributed by atoms with Crippen LogP contribution in [0.15, 0.2) is 17.1 Å². The highest BCUT2D eigenvalue weighted by molar-refractivity contribution is 6.33. The molecule has 1 unspecified atom stereocenters. The number of H-pyrrole nitrogens is 1. The summed E-state index contributed by atoms with van der Waals surface area (Å²) in [7, 11) is 0. The highest BCUT2D eigenvalue weighted by Crippen LogP contribution is 2.10. The summed E-state index contributed by atoms with van der Waals surface area (Å²) in [5.74, 6) is -0.285. The number of nitriles is 1. The predicted molar refractivity (Wildman–Crippen MR) is 56.0 cm³/mol. The molecule has 1 rings (SSSR count). The SMILES string of the molecule is CCC(Cl)C(=O)c1c[nH]c(=O)c(C#N)c1. The van der Waals surface area contributed by atoms with E-state index in [4.69, 9.17) is 16.9 Å². The van der Waals surface area contributed by atoms with Crippen molar-refractivity contribution in [1.29, 1.82) is 5.26 Å². The molecule has 1 atom stereocenters. The maximum absolute atomic E-state index is 11.6. The van der Waals surface area contributed by atoms with Gasteiger partial charge >= 0.3 is 0 Å². The number of halogens is 1. The Morgan fingerprint density at radius 3 is 2.93 bits per heavy atom. The van der Waals surface area contributed by atoms with Gasteiger partial charge in [0, 0.05) is 11.8 Å². The molecule has 78 valence electrons. The first-order valence-corrected chi connectivity index (χ1v) is 4.85. The first-order chi connectivity index (χ1) is 7.10. The number of nitrogens with one attached hydrogen (secondary N) is 1. The number of carbonyl (C=O) groups excluding carboxylic acids is 1. The summed E-state index contributed by atoms with van der Waals surface area (Å²) in [6.45, 7) is 1.78. The van der Waals surface area contributed by atoms with Crippen molar-refractivity contribution in [1.82, 2.24) is 4.98 Å². The van der Waals surface area contributed by atoms with Crippen LogP contribution in [0.2, 0.25) is 0 Å². The molecule has 0 saturated heterocycles. The quantitative estimate of drug-likeness (QED) is 0.624. The van der Waals surface area contributed by atoms with Gasteiger partial charge in [0.2, 0.25) is 0 Å².